The van der Waals surface area contributed by atoms with Gasteiger partial charge in [-0.2, -0.15) is 0 Å². The average molecular weight is 330 g/mol. The van der Waals surface area contributed by atoms with Gasteiger partial charge in [0.05, 0.1) is 11.5 Å². The first kappa shape index (κ1) is 17.5. The Labute approximate surface area is 134 Å². The van der Waals surface area contributed by atoms with E-state index in [0.717, 1.165) is 25.0 Å². The summed E-state index contributed by atoms with van der Waals surface area (Å²) in [5.74, 6) is 2.30. The number of hydrogen-bond acceptors (Lipinski definition) is 4. The van der Waals surface area contributed by atoms with Crippen molar-refractivity contribution < 1.29 is 8.42 Å². The van der Waals surface area contributed by atoms with Crippen LogP contribution in [0.2, 0.25) is 0 Å². The Morgan fingerprint density at radius 1 is 1.18 bits per heavy atom. The Bertz CT molecular complexity index is 456. The van der Waals surface area contributed by atoms with E-state index >= 15 is 0 Å². The highest BCUT2D eigenvalue weighted by molar-refractivity contribution is 7.91. The minimum absolute atomic E-state index is 0.292. The molecule has 1 saturated heterocycles. The zero-order valence-electron chi connectivity index (χ0n) is 13.8. The van der Waals surface area contributed by atoms with Gasteiger partial charge in [-0.15, -0.1) is 0 Å². The molecule has 22 heavy (non-hydrogen) atoms. The Morgan fingerprint density at radius 2 is 1.82 bits per heavy atom. The van der Waals surface area contributed by atoms with Gasteiger partial charge in [0.1, 0.15) is 0 Å². The largest absolute Gasteiger partial charge is 0.355 e. The standard InChI is InChI=1S/C15H30N4O2S/c1-13-3-5-14(6-4-13)18-15(16-2)17-7-8-19-9-11-22(20,21)12-10-19/h13-14H,3-12H2,1-2H3,(H2,16,17,18). The summed E-state index contributed by atoms with van der Waals surface area (Å²) in [7, 11) is -0.984. The van der Waals surface area contributed by atoms with Crippen LogP contribution >= 0.6 is 0 Å². The molecule has 0 aromatic rings. The zero-order valence-corrected chi connectivity index (χ0v) is 14.7. The summed E-state index contributed by atoms with van der Waals surface area (Å²) in [6.07, 6.45) is 5.01. The van der Waals surface area contributed by atoms with Gasteiger partial charge in [-0.3, -0.25) is 9.89 Å². The van der Waals surface area contributed by atoms with Gasteiger partial charge in [-0.1, -0.05) is 6.92 Å². The van der Waals surface area contributed by atoms with Crippen LogP contribution in [0.1, 0.15) is 32.6 Å². The van der Waals surface area contributed by atoms with Gasteiger partial charge in [0, 0.05) is 39.3 Å². The number of guanidine groups is 1. The van der Waals surface area contributed by atoms with Gasteiger partial charge in [0.25, 0.3) is 0 Å². The van der Waals surface area contributed by atoms with Crippen molar-refractivity contribution in [3.8, 4) is 0 Å². The average Bonchev–Trinajstić information content (AvgIpc) is 2.50. The summed E-state index contributed by atoms with van der Waals surface area (Å²) in [4.78, 5) is 6.48. The second-order valence-corrected chi connectivity index (χ2v) is 8.90. The fourth-order valence-electron chi connectivity index (χ4n) is 3.10. The predicted octanol–water partition coefficient (Wildman–Crippen LogP) is 0.461. The molecule has 1 aliphatic carbocycles. The summed E-state index contributed by atoms with van der Waals surface area (Å²) in [6.45, 7) is 5.27. The molecule has 6 nitrogen and oxygen atoms in total. The van der Waals surface area contributed by atoms with E-state index in [9.17, 15) is 8.42 Å². The Kier molecular flexibility index (Phi) is 6.50. The lowest BCUT2D eigenvalue weighted by Crippen LogP contribution is -2.48. The zero-order chi connectivity index (χ0) is 16.0. The molecule has 2 aliphatic rings. The van der Waals surface area contributed by atoms with Crippen LogP contribution in [0.25, 0.3) is 0 Å². The van der Waals surface area contributed by atoms with Crippen LogP contribution in [-0.4, -0.2) is 70.1 Å². The monoisotopic (exact) mass is 330 g/mol. The molecule has 128 valence electrons. The highest BCUT2D eigenvalue weighted by Crippen LogP contribution is 2.23. The molecule has 7 heteroatoms. The van der Waals surface area contributed by atoms with Crippen molar-refractivity contribution >= 4 is 15.8 Å². The lowest BCUT2D eigenvalue weighted by atomic mass is 9.87. The molecule has 0 amide bonds. The van der Waals surface area contributed by atoms with Gasteiger partial charge in [-0.05, 0) is 31.6 Å². The highest BCUT2D eigenvalue weighted by Gasteiger charge is 2.21. The van der Waals surface area contributed by atoms with Gasteiger partial charge in [0.15, 0.2) is 15.8 Å². The molecule has 0 bridgehead atoms. The first-order chi connectivity index (χ1) is 10.5. The molecule has 0 aromatic carbocycles. The van der Waals surface area contributed by atoms with Crippen molar-refractivity contribution in [2.45, 2.75) is 38.6 Å². The smallest absolute Gasteiger partial charge is 0.191 e. The van der Waals surface area contributed by atoms with Crippen molar-refractivity contribution in [2.75, 3.05) is 44.7 Å². The summed E-state index contributed by atoms with van der Waals surface area (Å²) in [5.41, 5.74) is 0. The summed E-state index contributed by atoms with van der Waals surface area (Å²) in [6, 6.07) is 0.530. The Morgan fingerprint density at radius 3 is 2.41 bits per heavy atom. The van der Waals surface area contributed by atoms with Crippen molar-refractivity contribution in [1.82, 2.24) is 15.5 Å². The molecule has 0 spiro atoms. The SMILES string of the molecule is CN=C(NCCN1CCS(=O)(=O)CC1)NC1CCC(C)CC1. The molecular weight excluding hydrogens is 300 g/mol. The molecule has 2 fully saturated rings. The lowest BCUT2D eigenvalue weighted by molar-refractivity contribution is 0.298. The van der Waals surface area contributed by atoms with Crippen LogP contribution < -0.4 is 10.6 Å². The third-order valence-corrected chi connectivity index (χ3v) is 6.35. The van der Waals surface area contributed by atoms with E-state index in [2.05, 4.69) is 27.4 Å². The predicted molar refractivity (Wildman–Crippen MR) is 91.0 cm³/mol. The molecule has 1 heterocycles. The van der Waals surface area contributed by atoms with E-state index in [1.54, 1.807) is 7.05 Å². The number of nitrogens with one attached hydrogen (secondary N) is 2. The van der Waals surface area contributed by atoms with Crippen molar-refractivity contribution in [3.63, 3.8) is 0 Å². The molecular formula is C15H30N4O2S. The number of hydrogen-bond donors (Lipinski definition) is 2. The number of sulfone groups is 1. The maximum Gasteiger partial charge on any atom is 0.191 e. The maximum absolute atomic E-state index is 11.4. The van der Waals surface area contributed by atoms with Crippen LogP contribution in [0.3, 0.4) is 0 Å². The van der Waals surface area contributed by atoms with E-state index in [1.807, 2.05) is 0 Å². The van der Waals surface area contributed by atoms with Gasteiger partial charge >= 0.3 is 0 Å². The number of nitrogens with zero attached hydrogens (tertiary/aromatic N) is 2. The quantitative estimate of drug-likeness (QED) is 0.579. The number of rotatable bonds is 4. The minimum atomic E-state index is -2.78. The molecule has 0 unspecified atom stereocenters. The molecule has 0 atom stereocenters. The molecule has 2 rings (SSSR count). The third-order valence-electron chi connectivity index (χ3n) is 4.74. The van der Waals surface area contributed by atoms with Gasteiger partial charge in [-0.25, -0.2) is 8.42 Å². The molecule has 1 saturated carbocycles. The minimum Gasteiger partial charge on any atom is -0.355 e. The fourth-order valence-corrected chi connectivity index (χ4v) is 4.38. The van der Waals surface area contributed by atoms with E-state index in [-0.39, 0.29) is 0 Å². The first-order valence-electron chi connectivity index (χ1n) is 8.38. The van der Waals surface area contributed by atoms with E-state index in [0.29, 0.717) is 30.6 Å². The van der Waals surface area contributed by atoms with Crippen molar-refractivity contribution in [1.29, 1.82) is 0 Å². The van der Waals surface area contributed by atoms with Crippen LogP contribution in [-0.2, 0) is 9.84 Å². The topological polar surface area (TPSA) is 73.8 Å². The third kappa shape index (κ3) is 5.76. The Balaban J connectivity index is 1.64. The van der Waals surface area contributed by atoms with Crippen molar-refractivity contribution in [3.05, 3.63) is 0 Å². The Hall–Kier alpha value is -0.820. The van der Waals surface area contributed by atoms with Crippen LogP contribution in [0.15, 0.2) is 4.99 Å². The highest BCUT2D eigenvalue weighted by atomic mass is 32.2. The van der Waals surface area contributed by atoms with E-state index < -0.39 is 9.84 Å². The summed E-state index contributed by atoms with van der Waals surface area (Å²) >= 11 is 0. The van der Waals surface area contributed by atoms with Crippen LogP contribution in [0.4, 0.5) is 0 Å². The summed E-state index contributed by atoms with van der Waals surface area (Å²) in [5, 5.41) is 6.85. The van der Waals surface area contributed by atoms with Crippen LogP contribution in [0.5, 0.6) is 0 Å². The fraction of sp³-hybridized carbons (Fsp3) is 0.933. The molecule has 0 aromatic heterocycles. The summed E-state index contributed by atoms with van der Waals surface area (Å²) < 4.78 is 22.8. The van der Waals surface area contributed by atoms with Gasteiger partial charge in [0.2, 0.25) is 0 Å². The van der Waals surface area contributed by atoms with Crippen LogP contribution in [0, 0.1) is 5.92 Å². The normalized spacial score (nSPS) is 30.0. The van der Waals surface area contributed by atoms with E-state index in [4.69, 9.17) is 0 Å². The molecule has 0 radical (unpaired) electrons. The first-order valence-corrected chi connectivity index (χ1v) is 10.2. The lowest BCUT2D eigenvalue weighted by Gasteiger charge is -2.29. The maximum atomic E-state index is 11.4. The number of aliphatic imine (C=N–C) groups is 1. The van der Waals surface area contributed by atoms with Gasteiger partial charge < -0.3 is 10.6 Å². The second-order valence-electron chi connectivity index (χ2n) is 6.59. The second kappa shape index (κ2) is 8.15. The molecule has 2 N–H and O–H groups in total. The van der Waals surface area contributed by atoms with Crippen molar-refractivity contribution in [2.24, 2.45) is 10.9 Å². The molecule has 1 aliphatic heterocycles. The van der Waals surface area contributed by atoms with E-state index in [1.165, 1.54) is 25.7 Å².